The minimum atomic E-state index is -0.322. The van der Waals surface area contributed by atoms with Crippen LogP contribution in [0.4, 0.5) is 4.39 Å². The van der Waals surface area contributed by atoms with E-state index in [1.807, 2.05) is 0 Å². The predicted molar refractivity (Wildman–Crippen MR) is 99.3 cm³/mol. The molecule has 0 saturated carbocycles. The quantitative estimate of drug-likeness (QED) is 0.716. The van der Waals surface area contributed by atoms with Gasteiger partial charge in [-0.15, -0.1) is 0 Å². The van der Waals surface area contributed by atoms with E-state index in [4.69, 9.17) is 30.5 Å². The van der Waals surface area contributed by atoms with Gasteiger partial charge >= 0.3 is 0 Å². The van der Waals surface area contributed by atoms with Crippen molar-refractivity contribution in [3.8, 4) is 17.4 Å². The van der Waals surface area contributed by atoms with Crippen molar-refractivity contribution in [2.75, 3.05) is 40.5 Å². The molecule has 8 heteroatoms. The molecule has 0 radical (unpaired) electrons. The molecule has 1 atom stereocenters. The fraction of sp³-hybridized carbons (Fsp3) is 0.421. The van der Waals surface area contributed by atoms with E-state index in [2.05, 4.69) is 9.88 Å². The van der Waals surface area contributed by atoms with Gasteiger partial charge in [0.2, 0.25) is 5.88 Å². The van der Waals surface area contributed by atoms with Gasteiger partial charge in [-0.05, 0) is 12.1 Å². The van der Waals surface area contributed by atoms with Crippen LogP contribution >= 0.6 is 11.6 Å². The van der Waals surface area contributed by atoms with Crippen LogP contribution in [0.25, 0.3) is 0 Å². The van der Waals surface area contributed by atoms with E-state index >= 15 is 0 Å². The molecule has 2 aromatic rings. The Morgan fingerprint density at radius 1 is 1.26 bits per heavy atom. The molecular weight excluding hydrogens is 375 g/mol. The molecule has 0 bridgehead atoms. The summed E-state index contributed by atoms with van der Waals surface area (Å²) in [5.74, 6) is 1.06. The van der Waals surface area contributed by atoms with Gasteiger partial charge in [-0.1, -0.05) is 11.6 Å². The van der Waals surface area contributed by atoms with Crippen molar-refractivity contribution in [1.29, 1.82) is 0 Å². The molecule has 1 aliphatic heterocycles. The van der Waals surface area contributed by atoms with Crippen molar-refractivity contribution in [1.82, 2.24) is 9.88 Å². The lowest BCUT2D eigenvalue weighted by atomic mass is 10.1. The fourth-order valence-corrected chi connectivity index (χ4v) is 3.02. The Morgan fingerprint density at radius 3 is 2.74 bits per heavy atom. The first-order chi connectivity index (χ1) is 13.1. The second-order valence-electron chi connectivity index (χ2n) is 6.15. The summed E-state index contributed by atoms with van der Waals surface area (Å²) in [6.45, 7) is 2.70. The smallest absolute Gasteiger partial charge is 0.213 e. The van der Waals surface area contributed by atoms with Crippen molar-refractivity contribution >= 4 is 11.6 Å². The monoisotopic (exact) mass is 396 g/mol. The van der Waals surface area contributed by atoms with E-state index in [0.717, 1.165) is 0 Å². The molecule has 1 saturated heterocycles. The van der Waals surface area contributed by atoms with Gasteiger partial charge in [-0.25, -0.2) is 9.37 Å². The van der Waals surface area contributed by atoms with Crippen LogP contribution in [0.1, 0.15) is 5.56 Å². The number of benzene rings is 1. The van der Waals surface area contributed by atoms with E-state index in [9.17, 15) is 4.39 Å². The van der Waals surface area contributed by atoms with Gasteiger partial charge < -0.3 is 18.9 Å². The molecule has 27 heavy (non-hydrogen) atoms. The van der Waals surface area contributed by atoms with E-state index in [-0.39, 0.29) is 11.9 Å². The third-order valence-corrected chi connectivity index (χ3v) is 4.51. The zero-order valence-corrected chi connectivity index (χ0v) is 16.0. The van der Waals surface area contributed by atoms with E-state index in [0.29, 0.717) is 60.8 Å². The lowest BCUT2D eigenvalue weighted by Gasteiger charge is -2.32. The first kappa shape index (κ1) is 19.7. The number of ether oxygens (including phenoxy) is 4. The highest BCUT2D eigenvalue weighted by molar-refractivity contribution is 6.30. The Bertz CT molecular complexity index is 760. The SMILES string of the molecule is COc1cc(F)c(CN2CCOC(COc3ccc(Cl)cn3)C2)cc1OC. The molecule has 2 heterocycles. The summed E-state index contributed by atoms with van der Waals surface area (Å²) < 4.78 is 36.2. The molecular formula is C19H22ClFN2O4. The van der Waals surface area contributed by atoms with Crippen molar-refractivity contribution in [2.45, 2.75) is 12.6 Å². The summed E-state index contributed by atoms with van der Waals surface area (Å²) in [6, 6.07) is 6.45. The summed E-state index contributed by atoms with van der Waals surface area (Å²) in [6.07, 6.45) is 1.41. The van der Waals surface area contributed by atoms with Gasteiger partial charge in [0.25, 0.3) is 0 Å². The molecule has 1 aromatic heterocycles. The largest absolute Gasteiger partial charge is 0.493 e. The van der Waals surface area contributed by atoms with Crippen LogP contribution in [-0.4, -0.2) is 56.5 Å². The maximum Gasteiger partial charge on any atom is 0.213 e. The lowest BCUT2D eigenvalue weighted by Crippen LogP contribution is -2.44. The highest BCUT2D eigenvalue weighted by Gasteiger charge is 2.23. The number of hydrogen-bond acceptors (Lipinski definition) is 6. The summed E-state index contributed by atoms with van der Waals surface area (Å²) in [5, 5.41) is 0.555. The van der Waals surface area contributed by atoms with Crippen molar-refractivity contribution in [3.63, 3.8) is 0 Å². The van der Waals surface area contributed by atoms with Crippen LogP contribution in [0.5, 0.6) is 17.4 Å². The average molecular weight is 397 g/mol. The van der Waals surface area contributed by atoms with E-state index in [1.165, 1.54) is 26.5 Å². The van der Waals surface area contributed by atoms with Crippen LogP contribution in [0.3, 0.4) is 0 Å². The molecule has 3 rings (SSSR count). The summed E-state index contributed by atoms with van der Waals surface area (Å²) in [5.41, 5.74) is 0.550. The lowest BCUT2D eigenvalue weighted by molar-refractivity contribution is -0.0512. The Balaban J connectivity index is 1.59. The second-order valence-corrected chi connectivity index (χ2v) is 6.59. The van der Waals surface area contributed by atoms with Gasteiger partial charge in [0.15, 0.2) is 11.5 Å². The van der Waals surface area contributed by atoms with E-state index < -0.39 is 0 Å². The van der Waals surface area contributed by atoms with Gasteiger partial charge in [-0.2, -0.15) is 0 Å². The number of nitrogens with zero attached hydrogens (tertiary/aromatic N) is 2. The average Bonchev–Trinajstić information content (AvgIpc) is 2.69. The maximum atomic E-state index is 14.4. The first-order valence-corrected chi connectivity index (χ1v) is 8.95. The molecule has 1 fully saturated rings. The minimum absolute atomic E-state index is 0.126. The molecule has 0 N–H and O–H groups in total. The topological polar surface area (TPSA) is 53.1 Å². The molecule has 0 aliphatic carbocycles. The molecule has 0 amide bonds. The first-order valence-electron chi connectivity index (χ1n) is 8.57. The number of rotatable bonds is 7. The molecule has 1 aromatic carbocycles. The molecule has 1 aliphatic rings. The van der Waals surface area contributed by atoms with Crippen molar-refractivity contribution in [2.24, 2.45) is 0 Å². The Morgan fingerprint density at radius 2 is 2.04 bits per heavy atom. The van der Waals surface area contributed by atoms with Gasteiger partial charge in [-0.3, -0.25) is 4.90 Å². The molecule has 6 nitrogen and oxygen atoms in total. The van der Waals surface area contributed by atoms with Gasteiger partial charge in [0.1, 0.15) is 18.5 Å². The number of pyridine rings is 1. The molecule has 0 spiro atoms. The van der Waals surface area contributed by atoms with Gasteiger partial charge in [0, 0.05) is 43.5 Å². The molecule has 1 unspecified atom stereocenters. The number of methoxy groups -OCH3 is 2. The van der Waals surface area contributed by atoms with Crippen LogP contribution in [-0.2, 0) is 11.3 Å². The second kappa shape index (κ2) is 9.21. The van der Waals surface area contributed by atoms with Crippen LogP contribution in [0, 0.1) is 5.82 Å². The maximum absolute atomic E-state index is 14.4. The van der Waals surface area contributed by atoms with Crippen molar-refractivity contribution in [3.05, 3.63) is 46.9 Å². The minimum Gasteiger partial charge on any atom is -0.493 e. The number of halogens is 2. The summed E-state index contributed by atoms with van der Waals surface area (Å²) >= 11 is 5.81. The van der Waals surface area contributed by atoms with Crippen molar-refractivity contribution < 1.29 is 23.3 Å². The standard InChI is InChI=1S/C19H22ClFN2O4/c1-24-17-7-13(16(21)8-18(17)25-2)10-23-5-6-26-15(11-23)12-27-19-4-3-14(20)9-22-19/h3-4,7-9,15H,5-6,10-12H2,1-2H3. The number of hydrogen-bond donors (Lipinski definition) is 0. The fourth-order valence-electron chi connectivity index (χ4n) is 2.91. The van der Waals surface area contributed by atoms with E-state index in [1.54, 1.807) is 18.2 Å². The number of morpholine rings is 1. The third-order valence-electron chi connectivity index (χ3n) is 4.29. The van der Waals surface area contributed by atoms with Gasteiger partial charge in [0.05, 0.1) is 25.8 Å². The van der Waals surface area contributed by atoms with Crippen LogP contribution in [0.2, 0.25) is 5.02 Å². The number of aromatic nitrogens is 1. The summed E-state index contributed by atoms with van der Waals surface area (Å²) in [7, 11) is 3.02. The zero-order valence-electron chi connectivity index (χ0n) is 15.3. The normalized spacial score (nSPS) is 17.6. The molecule has 146 valence electrons. The highest BCUT2D eigenvalue weighted by Crippen LogP contribution is 2.30. The Kier molecular flexibility index (Phi) is 6.71. The predicted octanol–water partition coefficient (Wildman–Crippen LogP) is 3.17. The highest BCUT2D eigenvalue weighted by atomic mass is 35.5. The Labute approximate surface area is 162 Å². The summed E-state index contributed by atoms with van der Waals surface area (Å²) in [4.78, 5) is 6.22. The third kappa shape index (κ3) is 5.22. The Hall–Kier alpha value is -2.09. The van der Waals surface area contributed by atoms with Crippen LogP contribution in [0.15, 0.2) is 30.5 Å². The zero-order chi connectivity index (χ0) is 19.2. The van der Waals surface area contributed by atoms with Crippen LogP contribution < -0.4 is 14.2 Å².